The van der Waals surface area contributed by atoms with Gasteiger partial charge in [0.05, 0.1) is 17.1 Å². The molecule has 1 heterocycles. The van der Waals surface area contributed by atoms with Crippen LogP contribution in [0.15, 0.2) is 52.1 Å². The number of pyridine rings is 1. The number of rotatable bonds is 2. The topological polar surface area (TPSA) is 25.2 Å². The molecule has 0 unspecified atom stereocenters. The molecule has 2 rings (SSSR count). The Kier molecular flexibility index (Phi) is 3.69. The van der Waals surface area contributed by atoms with E-state index >= 15 is 0 Å². The molecule has 0 bridgehead atoms. The minimum Gasteiger partial charge on any atom is -0.255 e. The number of aryl methyl sites for hydroxylation is 1. The zero-order valence-electron chi connectivity index (χ0n) is 9.81. The standard InChI is InChI=1S/C14H13BrN2/c1-10-6-5-7-12(15)14(10)17-11(2)13-8-3-4-9-16-13/h3-9H,1-2H3. The van der Waals surface area contributed by atoms with Crippen LogP contribution in [0.1, 0.15) is 18.2 Å². The number of aromatic nitrogens is 1. The highest BCUT2D eigenvalue weighted by Crippen LogP contribution is 2.29. The Balaban J connectivity index is 2.43. The molecule has 0 aliphatic heterocycles. The lowest BCUT2D eigenvalue weighted by molar-refractivity contribution is 1.27. The van der Waals surface area contributed by atoms with Gasteiger partial charge in [0.25, 0.3) is 0 Å². The lowest BCUT2D eigenvalue weighted by Gasteiger charge is -2.05. The van der Waals surface area contributed by atoms with Crippen LogP contribution in [0, 0.1) is 6.92 Å². The van der Waals surface area contributed by atoms with Crippen molar-refractivity contribution in [2.75, 3.05) is 0 Å². The van der Waals surface area contributed by atoms with Crippen LogP contribution in [0.5, 0.6) is 0 Å². The van der Waals surface area contributed by atoms with Gasteiger partial charge in [-0.3, -0.25) is 9.98 Å². The number of hydrogen-bond donors (Lipinski definition) is 0. The maximum Gasteiger partial charge on any atom is 0.0841 e. The SMILES string of the molecule is CC(=Nc1c(C)cccc1Br)c1ccccn1. The van der Waals surface area contributed by atoms with Gasteiger partial charge in [-0.05, 0) is 53.5 Å². The predicted molar refractivity (Wildman–Crippen MR) is 75.0 cm³/mol. The van der Waals surface area contributed by atoms with Gasteiger partial charge in [-0.2, -0.15) is 0 Å². The second-order valence-corrected chi connectivity index (χ2v) is 4.67. The van der Waals surface area contributed by atoms with E-state index in [2.05, 4.69) is 38.9 Å². The van der Waals surface area contributed by atoms with Gasteiger partial charge >= 0.3 is 0 Å². The van der Waals surface area contributed by atoms with Gasteiger partial charge in [0.15, 0.2) is 0 Å². The Morgan fingerprint density at radius 2 is 2.00 bits per heavy atom. The molecule has 2 aromatic rings. The quantitative estimate of drug-likeness (QED) is 0.757. The van der Waals surface area contributed by atoms with Crippen molar-refractivity contribution in [1.29, 1.82) is 0 Å². The third kappa shape index (κ3) is 2.80. The van der Waals surface area contributed by atoms with Gasteiger partial charge in [0, 0.05) is 10.7 Å². The average Bonchev–Trinajstić information content (AvgIpc) is 2.35. The maximum absolute atomic E-state index is 4.64. The molecule has 86 valence electrons. The minimum atomic E-state index is 0.905. The largest absolute Gasteiger partial charge is 0.255 e. The smallest absolute Gasteiger partial charge is 0.0841 e. The van der Waals surface area contributed by atoms with E-state index < -0.39 is 0 Å². The summed E-state index contributed by atoms with van der Waals surface area (Å²) in [6.07, 6.45) is 1.78. The zero-order valence-corrected chi connectivity index (χ0v) is 11.4. The highest BCUT2D eigenvalue weighted by atomic mass is 79.9. The molecule has 0 aliphatic carbocycles. The summed E-state index contributed by atoms with van der Waals surface area (Å²) in [6, 6.07) is 11.9. The molecule has 0 fully saturated rings. The first-order valence-electron chi connectivity index (χ1n) is 5.40. The van der Waals surface area contributed by atoms with E-state index in [1.807, 2.05) is 37.3 Å². The average molecular weight is 289 g/mol. The summed E-state index contributed by atoms with van der Waals surface area (Å²) in [5.74, 6) is 0. The summed E-state index contributed by atoms with van der Waals surface area (Å²) >= 11 is 3.52. The zero-order chi connectivity index (χ0) is 12.3. The molecule has 17 heavy (non-hydrogen) atoms. The fourth-order valence-corrected chi connectivity index (χ4v) is 2.12. The Morgan fingerprint density at radius 3 is 2.65 bits per heavy atom. The normalized spacial score (nSPS) is 11.6. The van der Waals surface area contributed by atoms with Crippen LogP contribution in [-0.2, 0) is 0 Å². The van der Waals surface area contributed by atoms with Gasteiger partial charge in [0.1, 0.15) is 0 Å². The van der Waals surface area contributed by atoms with E-state index in [0.29, 0.717) is 0 Å². The molecule has 1 aromatic carbocycles. The molecule has 3 heteroatoms. The van der Waals surface area contributed by atoms with Gasteiger partial charge < -0.3 is 0 Å². The first-order valence-corrected chi connectivity index (χ1v) is 6.19. The molecular weight excluding hydrogens is 276 g/mol. The predicted octanol–water partition coefficient (Wildman–Crippen LogP) is 4.29. The lowest BCUT2D eigenvalue weighted by Crippen LogP contribution is -1.97. The summed E-state index contributed by atoms with van der Waals surface area (Å²) in [5.41, 5.74) is 3.94. The van der Waals surface area contributed by atoms with Crippen LogP contribution in [0.2, 0.25) is 0 Å². The van der Waals surface area contributed by atoms with E-state index in [0.717, 1.165) is 27.1 Å². The molecule has 0 radical (unpaired) electrons. The monoisotopic (exact) mass is 288 g/mol. The molecule has 0 aliphatic rings. The molecule has 0 saturated heterocycles. The van der Waals surface area contributed by atoms with Gasteiger partial charge in [0.2, 0.25) is 0 Å². The van der Waals surface area contributed by atoms with Crippen LogP contribution in [0.25, 0.3) is 0 Å². The second kappa shape index (κ2) is 5.23. The third-order valence-electron chi connectivity index (χ3n) is 2.50. The first-order chi connectivity index (χ1) is 8.18. The Bertz CT molecular complexity index is 527. The van der Waals surface area contributed by atoms with Crippen LogP contribution < -0.4 is 0 Å². The van der Waals surface area contributed by atoms with E-state index in [1.165, 1.54) is 0 Å². The summed E-state index contributed by atoms with van der Waals surface area (Å²) in [6.45, 7) is 4.02. The highest BCUT2D eigenvalue weighted by molar-refractivity contribution is 9.10. The molecule has 0 saturated carbocycles. The summed E-state index contributed by atoms with van der Waals surface area (Å²) in [4.78, 5) is 8.92. The summed E-state index contributed by atoms with van der Waals surface area (Å²) in [5, 5.41) is 0. The van der Waals surface area contributed by atoms with E-state index in [1.54, 1.807) is 6.20 Å². The van der Waals surface area contributed by atoms with Crippen LogP contribution in [-0.4, -0.2) is 10.7 Å². The van der Waals surface area contributed by atoms with Crippen molar-refractivity contribution in [3.63, 3.8) is 0 Å². The summed E-state index contributed by atoms with van der Waals surface area (Å²) in [7, 11) is 0. The van der Waals surface area contributed by atoms with Crippen molar-refractivity contribution >= 4 is 27.3 Å². The maximum atomic E-state index is 4.64. The van der Waals surface area contributed by atoms with Gasteiger partial charge in [-0.1, -0.05) is 18.2 Å². The van der Waals surface area contributed by atoms with E-state index in [9.17, 15) is 0 Å². The Hall–Kier alpha value is -1.48. The fraction of sp³-hybridized carbons (Fsp3) is 0.143. The minimum absolute atomic E-state index is 0.905. The number of aliphatic imine (C=N–C) groups is 1. The lowest BCUT2D eigenvalue weighted by atomic mass is 10.2. The van der Waals surface area contributed by atoms with Gasteiger partial charge in [-0.25, -0.2) is 0 Å². The molecular formula is C14H13BrN2. The number of halogens is 1. The summed E-state index contributed by atoms with van der Waals surface area (Å²) < 4.78 is 1.01. The molecule has 0 atom stereocenters. The Morgan fingerprint density at radius 1 is 1.18 bits per heavy atom. The van der Waals surface area contributed by atoms with Crippen LogP contribution >= 0.6 is 15.9 Å². The van der Waals surface area contributed by atoms with Crippen molar-refractivity contribution in [1.82, 2.24) is 4.98 Å². The molecule has 0 spiro atoms. The number of hydrogen-bond acceptors (Lipinski definition) is 2. The highest BCUT2D eigenvalue weighted by Gasteiger charge is 2.03. The van der Waals surface area contributed by atoms with Crippen molar-refractivity contribution in [2.45, 2.75) is 13.8 Å². The third-order valence-corrected chi connectivity index (χ3v) is 3.14. The van der Waals surface area contributed by atoms with Gasteiger partial charge in [-0.15, -0.1) is 0 Å². The van der Waals surface area contributed by atoms with Crippen molar-refractivity contribution in [3.05, 3.63) is 58.3 Å². The van der Waals surface area contributed by atoms with E-state index in [-0.39, 0.29) is 0 Å². The van der Waals surface area contributed by atoms with Crippen molar-refractivity contribution in [2.24, 2.45) is 4.99 Å². The van der Waals surface area contributed by atoms with Crippen molar-refractivity contribution in [3.8, 4) is 0 Å². The van der Waals surface area contributed by atoms with Crippen molar-refractivity contribution < 1.29 is 0 Å². The molecule has 0 N–H and O–H groups in total. The number of para-hydroxylation sites is 1. The molecule has 1 aromatic heterocycles. The number of nitrogens with zero attached hydrogens (tertiary/aromatic N) is 2. The van der Waals surface area contributed by atoms with E-state index in [4.69, 9.17) is 0 Å². The number of benzene rings is 1. The fourth-order valence-electron chi connectivity index (χ4n) is 1.57. The van der Waals surface area contributed by atoms with Crippen LogP contribution in [0.3, 0.4) is 0 Å². The van der Waals surface area contributed by atoms with Crippen LogP contribution in [0.4, 0.5) is 5.69 Å². The molecule has 0 amide bonds. The molecule has 2 nitrogen and oxygen atoms in total. The second-order valence-electron chi connectivity index (χ2n) is 3.82. The Labute approximate surface area is 110 Å². The first kappa shape index (κ1) is 12.0.